The fraction of sp³-hybridized carbons (Fsp3) is 0.412. The monoisotopic (exact) mass is 301 g/mol. The van der Waals surface area contributed by atoms with Crippen molar-refractivity contribution in [2.45, 2.75) is 39.7 Å². The molecule has 22 heavy (non-hydrogen) atoms. The van der Waals surface area contributed by atoms with Crippen LogP contribution in [0.25, 0.3) is 10.9 Å². The number of pyridine rings is 1. The molecule has 2 N–H and O–H groups in total. The van der Waals surface area contributed by atoms with Gasteiger partial charge in [0.2, 0.25) is 5.56 Å². The van der Waals surface area contributed by atoms with Crippen LogP contribution in [0.15, 0.2) is 16.9 Å². The van der Waals surface area contributed by atoms with Crippen LogP contribution < -0.4 is 10.3 Å². The molecule has 0 amide bonds. The van der Waals surface area contributed by atoms with Gasteiger partial charge in [0.05, 0.1) is 17.0 Å². The molecule has 2 aromatic rings. The zero-order valence-corrected chi connectivity index (χ0v) is 12.9. The molecule has 2 unspecified atom stereocenters. The van der Waals surface area contributed by atoms with Crippen LogP contribution in [0.4, 0.5) is 0 Å². The lowest BCUT2D eigenvalue weighted by atomic mass is 9.88. The second-order valence-corrected chi connectivity index (χ2v) is 5.90. The summed E-state index contributed by atoms with van der Waals surface area (Å²) in [5, 5.41) is 10.9. The van der Waals surface area contributed by atoms with Crippen molar-refractivity contribution < 1.29 is 14.6 Å². The highest BCUT2D eigenvalue weighted by Gasteiger charge is 2.34. The van der Waals surface area contributed by atoms with Crippen LogP contribution in [0.1, 0.15) is 43.1 Å². The van der Waals surface area contributed by atoms with Crippen molar-refractivity contribution in [3.05, 3.63) is 33.6 Å². The van der Waals surface area contributed by atoms with Gasteiger partial charge in [-0.2, -0.15) is 0 Å². The number of Topliss-reactive ketones (excluding diaryl/α,β-unsaturated/α-hetero) is 1. The highest BCUT2D eigenvalue weighted by molar-refractivity contribution is 6.12. The first-order chi connectivity index (χ1) is 10.4. The van der Waals surface area contributed by atoms with E-state index in [1.807, 2.05) is 20.8 Å². The van der Waals surface area contributed by atoms with E-state index in [1.165, 1.54) is 12.1 Å². The largest absolute Gasteiger partial charge is 0.507 e. The molecule has 1 aromatic carbocycles. The number of hydrogen-bond donors (Lipinski definition) is 2. The molecule has 2 atom stereocenters. The van der Waals surface area contributed by atoms with Gasteiger partial charge in [-0.1, -0.05) is 20.3 Å². The molecule has 0 aliphatic carbocycles. The normalized spacial score (nSPS) is 20.8. The molecule has 5 heteroatoms. The average molecular weight is 301 g/mol. The maximum Gasteiger partial charge on any atom is 0.248 e. The van der Waals surface area contributed by atoms with Gasteiger partial charge in [0.1, 0.15) is 17.6 Å². The minimum atomic E-state index is -0.293. The van der Waals surface area contributed by atoms with Crippen LogP contribution >= 0.6 is 0 Å². The Hall–Kier alpha value is -2.30. The average Bonchev–Trinajstić information content (AvgIpc) is 2.44. The van der Waals surface area contributed by atoms with E-state index in [2.05, 4.69) is 4.98 Å². The summed E-state index contributed by atoms with van der Waals surface area (Å²) in [5.74, 6) is 0.00882. The Morgan fingerprint density at radius 2 is 2.00 bits per heavy atom. The van der Waals surface area contributed by atoms with Crippen LogP contribution in [-0.2, 0) is 6.42 Å². The summed E-state index contributed by atoms with van der Waals surface area (Å²) in [6.07, 6.45) is 1.24. The SMILES string of the molecule is CCCc1cc(=O)[nH]c2c3c(cc(O)c12)OC(C)C(C)C3=O. The number of hydrogen-bond acceptors (Lipinski definition) is 4. The number of ketones is 1. The van der Waals surface area contributed by atoms with E-state index in [4.69, 9.17) is 4.74 Å². The molecular formula is C17H19NO4. The number of ether oxygens (including phenoxy) is 1. The van der Waals surface area contributed by atoms with E-state index in [0.717, 1.165) is 12.0 Å². The Morgan fingerprint density at radius 1 is 1.27 bits per heavy atom. The summed E-state index contributed by atoms with van der Waals surface area (Å²) in [5.41, 5.74) is 1.23. The fourth-order valence-corrected chi connectivity index (χ4v) is 3.03. The number of aromatic hydroxyl groups is 1. The van der Waals surface area contributed by atoms with Crippen molar-refractivity contribution in [1.29, 1.82) is 0 Å². The van der Waals surface area contributed by atoms with Gasteiger partial charge in [-0.3, -0.25) is 9.59 Å². The molecule has 0 bridgehead atoms. The molecule has 1 aliphatic rings. The number of fused-ring (bicyclic) bond motifs is 3. The van der Waals surface area contributed by atoms with Gasteiger partial charge in [-0.25, -0.2) is 0 Å². The minimum Gasteiger partial charge on any atom is -0.507 e. The second-order valence-electron chi connectivity index (χ2n) is 5.90. The van der Waals surface area contributed by atoms with Gasteiger partial charge in [-0.15, -0.1) is 0 Å². The zero-order chi connectivity index (χ0) is 16.0. The van der Waals surface area contributed by atoms with Crippen molar-refractivity contribution in [3.63, 3.8) is 0 Å². The van der Waals surface area contributed by atoms with Crippen LogP contribution in [0.2, 0.25) is 0 Å². The number of aryl methyl sites for hydroxylation is 1. The Balaban J connectivity index is 2.41. The number of aromatic amines is 1. The van der Waals surface area contributed by atoms with Crippen molar-refractivity contribution in [2.75, 3.05) is 0 Å². The van der Waals surface area contributed by atoms with Gasteiger partial charge in [0.25, 0.3) is 0 Å². The van der Waals surface area contributed by atoms with E-state index < -0.39 is 0 Å². The number of benzene rings is 1. The molecule has 0 saturated heterocycles. The summed E-state index contributed by atoms with van der Waals surface area (Å²) in [6, 6.07) is 2.97. The summed E-state index contributed by atoms with van der Waals surface area (Å²) >= 11 is 0. The molecule has 3 rings (SSSR count). The number of rotatable bonds is 2. The maximum atomic E-state index is 12.6. The predicted octanol–water partition coefficient (Wildman–Crippen LogP) is 2.79. The summed E-state index contributed by atoms with van der Waals surface area (Å²) < 4.78 is 5.74. The topological polar surface area (TPSA) is 79.4 Å². The zero-order valence-electron chi connectivity index (χ0n) is 12.9. The van der Waals surface area contributed by atoms with Crippen LogP contribution in [0, 0.1) is 5.92 Å². The highest BCUT2D eigenvalue weighted by Crippen LogP contribution is 2.40. The Kier molecular flexibility index (Phi) is 3.43. The molecule has 0 spiro atoms. The number of phenols is 1. The van der Waals surface area contributed by atoms with Gasteiger partial charge >= 0.3 is 0 Å². The van der Waals surface area contributed by atoms with Crippen molar-refractivity contribution >= 4 is 16.7 Å². The predicted molar refractivity (Wildman–Crippen MR) is 83.8 cm³/mol. The third-order valence-electron chi connectivity index (χ3n) is 4.34. The number of carbonyl (C=O) groups excluding carboxylic acids is 1. The smallest absolute Gasteiger partial charge is 0.248 e. The van der Waals surface area contributed by atoms with E-state index >= 15 is 0 Å². The number of H-pyrrole nitrogens is 1. The molecule has 2 heterocycles. The molecule has 1 aliphatic heterocycles. The molecule has 0 saturated carbocycles. The van der Waals surface area contributed by atoms with E-state index in [1.54, 1.807) is 0 Å². The Labute approximate surface area is 127 Å². The molecule has 0 fully saturated rings. The second kappa shape index (κ2) is 5.16. The lowest BCUT2D eigenvalue weighted by molar-refractivity contribution is 0.0733. The maximum absolute atomic E-state index is 12.6. The Bertz CT molecular complexity index is 821. The third kappa shape index (κ3) is 2.08. The summed E-state index contributed by atoms with van der Waals surface area (Å²) in [6.45, 7) is 5.63. The summed E-state index contributed by atoms with van der Waals surface area (Å²) in [7, 11) is 0. The first-order valence-electron chi connectivity index (χ1n) is 7.56. The first kappa shape index (κ1) is 14.6. The van der Waals surface area contributed by atoms with E-state index in [9.17, 15) is 14.7 Å². The molecule has 116 valence electrons. The van der Waals surface area contributed by atoms with Crippen molar-refractivity contribution in [3.8, 4) is 11.5 Å². The quantitative estimate of drug-likeness (QED) is 0.894. The standard InChI is InChI=1S/C17H19NO4/c1-4-5-10-6-13(20)18-16-14(10)11(19)7-12-15(16)17(21)8(2)9(3)22-12/h6-9,19H,4-5H2,1-3H3,(H,18,20). The molecule has 0 radical (unpaired) electrons. The lowest BCUT2D eigenvalue weighted by Crippen LogP contribution is -2.34. The molecular weight excluding hydrogens is 282 g/mol. The summed E-state index contributed by atoms with van der Waals surface area (Å²) in [4.78, 5) is 27.3. The van der Waals surface area contributed by atoms with Crippen molar-refractivity contribution in [1.82, 2.24) is 4.98 Å². The molecule has 5 nitrogen and oxygen atoms in total. The molecule has 1 aromatic heterocycles. The van der Waals surface area contributed by atoms with Crippen molar-refractivity contribution in [2.24, 2.45) is 5.92 Å². The fourth-order valence-electron chi connectivity index (χ4n) is 3.03. The van der Waals surface area contributed by atoms with Gasteiger partial charge in [0, 0.05) is 17.5 Å². The Morgan fingerprint density at radius 3 is 2.68 bits per heavy atom. The highest BCUT2D eigenvalue weighted by atomic mass is 16.5. The van der Waals surface area contributed by atoms with Crippen LogP contribution in [-0.4, -0.2) is 22.0 Å². The van der Waals surface area contributed by atoms with Gasteiger partial charge in [0.15, 0.2) is 5.78 Å². The number of aromatic nitrogens is 1. The first-order valence-corrected chi connectivity index (χ1v) is 7.56. The van der Waals surface area contributed by atoms with Crippen LogP contribution in [0.5, 0.6) is 11.5 Å². The minimum absolute atomic E-state index is 0.0306. The van der Waals surface area contributed by atoms with Gasteiger partial charge in [-0.05, 0) is 18.9 Å². The third-order valence-corrected chi connectivity index (χ3v) is 4.34. The number of nitrogens with one attached hydrogen (secondary N) is 1. The lowest BCUT2D eigenvalue weighted by Gasteiger charge is -2.29. The van der Waals surface area contributed by atoms with E-state index in [0.29, 0.717) is 28.6 Å². The number of phenolic OH excluding ortho intramolecular Hbond substituents is 1. The number of carbonyl (C=O) groups is 1. The van der Waals surface area contributed by atoms with Crippen LogP contribution in [0.3, 0.4) is 0 Å². The van der Waals surface area contributed by atoms with Gasteiger partial charge < -0.3 is 14.8 Å². The van der Waals surface area contributed by atoms with E-state index in [-0.39, 0.29) is 29.1 Å².